The van der Waals surface area contributed by atoms with Gasteiger partial charge < -0.3 is 15.8 Å². The van der Waals surface area contributed by atoms with Crippen LogP contribution < -0.4 is 15.8 Å². The lowest BCUT2D eigenvalue weighted by Crippen LogP contribution is -1.99. The summed E-state index contributed by atoms with van der Waals surface area (Å²) in [6, 6.07) is 9.13. The minimum atomic E-state index is 0.428. The van der Waals surface area contributed by atoms with Crippen molar-refractivity contribution in [3.8, 4) is 5.75 Å². The number of ether oxygens (including phenoxy) is 1. The molecule has 1 aromatic carbocycles. The summed E-state index contributed by atoms with van der Waals surface area (Å²) in [4.78, 5) is 4.13. The topological polar surface area (TPSA) is 60.2 Å². The Bertz CT molecular complexity index is 531. The summed E-state index contributed by atoms with van der Waals surface area (Å²) >= 11 is 5.91. The van der Waals surface area contributed by atoms with E-state index in [0.717, 1.165) is 11.4 Å². The molecule has 1 aromatic heterocycles. The Hall–Kier alpha value is -1.94. The number of pyridine rings is 1. The Morgan fingerprint density at radius 3 is 2.94 bits per heavy atom. The van der Waals surface area contributed by atoms with Crippen LogP contribution in [0, 0.1) is 0 Å². The van der Waals surface area contributed by atoms with Gasteiger partial charge in [0.05, 0.1) is 17.8 Å². The average molecular weight is 250 g/mol. The summed E-state index contributed by atoms with van der Waals surface area (Å²) in [5, 5.41) is 3.56. The van der Waals surface area contributed by atoms with Gasteiger partial charge in [0.15, 0.2) is 5.82 Å². The highest BCUT2D eigenvalue weighted by molar-refractivity contribution is 6.33. The third-order valence-electron chi connectivity index (χ3n) is 2.27. The summed E-state index contributed by atoms with van der Waals surface area (Å²) in [6.45, 7) is 0. The second-order valence-electron chi connectivity index (χ2n) is 3.41. The number of aromatic nitrogens is 1. The molecule has 88 valence electrons. The first-order valence-corrected chi connectivity index (χ1v) is 5.39. The van der Waals surface area contributed by atoms with Gasteiger partial charge in [0.25, 0.3) is 0 Å². The van der Waals surface area contributed by atoms with Gasteiger partial charge in [-0.2, -0.15) is 0 Å². The molecule has 0 atom stereocenters. The van der Waals surface area contributed by atoms with Gasteiger partial charge in [0.1, 0.15) is 5.75 Å². The number of nitrogens with two attached hydrogens (primary N) is 1. The van der Waals surface area contributed by atoms with Crippen molar-refractivity contribution in [3.05, 3.63) is 41.6 Å². The fourth-order valence-corrected chi connectivity index (χ4v) is 1.53. The first-order valence-electron chi connectivity index (χ1n) is 5.02. The van der Waals surface area contributed by atoms with Crippen LogP contribution in [-0.2, 0) is 0 Å². The zero-order valence-corrected chi connectivity index (χ0v) is 10.0. The first kappa shape index (κ1) is 11.5. The van der Waals surface area contributed by atoms with E-state index in [1.165, 1.54) is 0 Å². The van der Waals surface area contributed by atoms with Crippen molar-refractivity contribution < 1.29 is 4.74 Å². The van der Waals surface area contributed by atoms with Crippen LogP contribution in [0.15, 0.2) is 36.5 Å². The number of nitrogen functional groups attached to an aromatic ring is 1. The van der Waals surface area contributed by atoms with E-state index in [-0.39, 0.29) is 0 Å². The van der Waals surface area contributed by atoms with Gasteiger partial charge >= 0.3 is 0 Å². The summed E-state index contributed by atoms with van der Waals surface area (Å²) in [5.41, 5.74) is 7.08. The van der Waals surface area contributed by atoms with Crippen LogP contribution in [0.1, 0.15) is 0 Å². The van der Waals surface area contributed by atoms with Crippen LogP contribution in [0.5, 0.6) is 5.75 Å². The number of methoxy groups -OCH3 is 1. The summed E-state index contributed by atoms with van der Waals surface area (Å²) in [7, 11) is 1.62. The zero-order valence-electron chi connectivity index (χ0n) is 9.27. The number of nitrogens with zero attached hydrogens (tertiary/aromatic N) is 1. The van der Waals surface area contributed by atoms with Gasteiger partial charge in [-0.05, 0) is 18.2 Å². The summed E-state index contributed by atoms with van der Waals surface area (Å²) in [5.74, 6) is 1.29. The van der Waals surface area contributed by atoms with Crippen LogP contribution in [0.25, 0.3) is 0 Å². The Morgan fingerprint density at radius 1 is 1.35 bits per heavy atom. The standard InChI is InChI=1S/C12H12ClN3O/c1-17-9-4-2-3-8(7-9)16-12-11(14)10(13)5-6-15-12/h2-7H,14H2,1H3,(H,15,16). The highest BCUT2D eigenvalue weighted by Crippen LogP contribution is 2.28. The van der Waals surface area contributed by atoms with E-state index in [0.29, 0.717) is 16.5 Å². The maximum absolute atomic E-state index is 5.91. The van der Waals surface area contributed by atoms with Crippen molar-refractivity contribution in [2.45, 2.75) is 0 Å². The summed E-state index contributed by atoms with van der Waals surface area (Å²) < 4.78 is 5.13. The van der Waals surface area contributed by atoms with Gasteiger partial charge in [0, 0.05) is 18.0 Å². The number of hydrogen-bond acceptors (Lipinski definition) is 4. The van der Waals surface area contributed by atoms with E-state index in [9.17, 15) is 0 Å². The molecule has 0 fully saturated rings. The smallest absolute Gasteiger partial charge is 0.155 e. The molecular weight excluding hydrogens is 238 g/mol. The fourth-order valence-electron chi connectivity index (χ4n) is 1.39. The minimum absolute atomic E-state index is 0.428. The van der Waals surface area contributed by atoms with Crippen molar-refractivity contribution in [1.82, 2.24) is 4.98 Å². The molecule has 0 aliphatic rings. The molecule has 0 aliphatic heterocycles. The van der Waals surface area contributed by atoms with Gasteiger partial charge in [-0.15, -0.1) is 0 Å². The van der Waals surface area contributed by atoms with Crippen LogP contribution in [0.2, 0.25) is 5.02 Å². The molecule has 0 bridgehead atoms. The van der Waals surface area contributed by atoms with Gasteiger partial charge in [-0.25, -0.2) is 4.98 Å². The first-order chi connectivity index (χ1) is 8.20. The Morgan fingerprint density at radius 2 is 2.18 bits per heavy atom. The second kappa shape index (κ2) is 4.93. The molecular formula is C12H12ClN3O. The molecule has 0 radical (unpaired) electrons. The lowest BCUT2D eigenvalue weighted by Gasteiger charge is -2.09. The minimum Gasteiger partial charge on any atom is -0.497 e. The summed E-state index contributed by atoms with van der Waals surface area (Å²) in [6.07, 6.45) is 1.60. The zero-order chi connectivity index (χ0) is 12.3. The fraction of sp³-hybridized carbons (Fsp3) is 0.0833. The number of benzene rings is 1. The largest absolute Gasteiger partial charge is 0.497 e. The molecule has 2 rings (SSSR count). The predicted molar refractivity (Wildman–Crippen MR) is 69.9 cm³/mol. The lowest BCUT2D eigenvalue weighted by molar-refractivity contribution is 0.415. The molecule has 0 saturated heterocycles. The molecule has 5 heteroatoms. The Labute approximate surface area is 104 Å². The monoisotopic (exact) mass is 249 g/mol. The molecule has 0 aliphatic carbocycles. The number of nitrogens with one attached hydrogen (secondary N) is 1. The van der Waals surface area contributed by atoms with E-state index in [4.69, 9.17) is 22.1 Å². The van der Waals surface area contributed by atoms with E-state index in [1.807, 2.05) is 24.3 Å². The number of halogens is 1. The number of anilines is 3. The van der Waals surface area contributed by atoms with Crippen LogP contribution >= 0.6 is 11.6 Å². The number of hydrogen-bond donors (Lipinski definition) is 2. The van der Waals surface area contributed by atoms with E-state index >= 15 is 0 Å². The maximum Gasteiger partial charge on any atom is 0.155 e. The van der Waals surface area contributed by atoms with Crippen LogP contribution in [0.3, 0.4) is 0 Å². The SMILES string of the molecule is COc1cccc(Nc2nccc(Cl)c2N)c1. The quantitative estimate of drug-likeness (QED) is 0.878. The van der Waals surface area contributed by atoms with Crippen LogP contribution in [0.4, 0.5) is 17.2 Å². The van der Waals surface area contributed by atoms with Crippen molar-refractivity contribution in [1.29, 1.82) is 0 Å². The van der Waals surface area contributed by atoms with Crippen molar-refractivity contribution in [3.63, 3.8) is 0 Å². The van der Waals surface area contributed by atoms with E-state index in [2.05, 4.69) is 10.3 Å². The lowest BCUT2D eigenvalue weighted by atomic mass is 10.3. The van der Waals surface area contributed by atoms with E-state index < -0.39 is 0 Å². The predicted octanol–water partition coefficient (Wildman–Crippen LogP) is 3.07. The molecule has 4 nitrogen and oxygen atoms in total. The van der Waals surface area contributed by atoms with Gasteiger partial charge in [0.2, 0.25) is 0 Å². The Balaban J connectivity index is 2.28. The third kappa shape index (κ3) is 2.60. The van der Waals surface area contributed by atoms with Crippen molar-refractivity contribution >= 4 is 28.8 Å². The van der Waals surface area contributed by atoms with Gasteiger partial charge in [-0.1, -0.05) is 17.7 Å². The molecule has 0 spiro atoms. The Kier molecular flexibility index (Phi) is 3.35. The normalized spacial score (nSPS) is 10.0. The third-order valence-corrected chi connectivity index (χ3v) is 2.60. The average Bonchev–Trinajstić information content (AvgIpc) is 2.35. The highest BCUT2D eigenvalue weighted by atomic mass is 35.5. The molecule has 2 aromatic rings. The van der Waals surface area contributed by atoms with E-state index in [1.54, 1.807) is 19.4 Å². The van der Waals surface area contributed by atoms with Crippen molar-refractivity contribution in [2.24, 2.45) is 0 Å². The number of rotatable bonds is 3. The van der Waals surface area contributed by atoms with Crippen LogP contribution in [-0.4, -0.2) is 12.1 Å². The molecule has 0 unspecified atom stereocenters. The maximum atomic E-state index is 5.91. The van der Waals surface area contributed by atoms with Gasteiger partial charge in [-0.3, -0.25) is 0 Å². The molecule has 1 heterocycles. The molecule has 3 N–H and O–H groups in total. The van der Waals surface area contributed by atoms with Crippen molar-refractivity contribution in [2.75, 3.05) is 18.2 Å². The molecule has 0 saturated carbocycles. The second-order valence-corrected chi connectivity index (χ2v) is 3.82. The molecule has 17 heavy (non-hydrogen) atoms. The molecule has 0 amide bonds. The highest BCUT2D eigenvalue weighted by Gasteiger charge is 2.05.